The number of aromatic nitrogens is 1. The first-order chi connectivity index (χ1) is 13.8. The smallest absolute Gasteiger partial charge is 0.222 e. The Morgan fingerprint density at radius 2 is 1.61 bits per heavy atom. The molecule has 0 unspecified atom stereocenters. The lowest BCUT2D eigenvalue weighted by molar-refractivity contribution is -0.702. The average molecular weight is 378 g/mol. The summed E-state index contributed by atoms with van der Waals surface area (Å²) < 4.78 is 8.47. The van der Waals surface area contributed by atoms with Crippen LogP contribution in [0.2, 0.25) is 0 Å². The minimum Gasteiger partial charge on any atom is -0.481 e. The van der Waals surface area contributed by atoms with Gasteiger partial charge in [-0.1, -0.05) is 60.7 Å². The number of benzene rings is 2. The van der Waals surface area contributed by atoms with Crippen LogP contribution in [0.3, 0.4) is 0 Å². The van der Waals surface area contributed by atoms with Crippen molar-refractivity contribution in [1.29, 1.82) is 0 Å². The lowest BCUT2D eigenvalue weighted by Crippen LogP contribution is -2.38. The zero-order chi connectivity index (χ0) is 19.6. The Balaban J connectivity index is 1.77. The zero-order valence-corrected chi connectivity index (χ0v) is 16.5. The highest BCUT2D eigenvalue weighted by atomic mass is 16.5. The minimum atomic E-state index is 0.177. The van der Waals surface area contributed by atoms with Crippen molar-refractivity contribution < 1.29 is 14.4 Å². The quantitative estimate of drug-likeness (QED) is 0.416. The molecule has 0 fully saturated rings. The topological polar surface area (TPSA) is 45.4 Å². The van der Waals surface area contributed by atoms with Crippen LogP contribution < -0.4 is 14.6 Å². The SMILES string of the molecule is Cc1c(OCc2ccccc2)c(NCCCO)cc[n+]1CCc1ccccc1. The number of anilines is 1. The maximum atomic E-state index is 9.07. The number of hydrogen-bond donors (Lipinski definition) is 2. The summed E-state index contributed by atoms with van der Waals surface area (Å²) in [6.07, 6.45) is 3.79. The molecular formula is C24H29N2O2+. The predicted molar refractivity (Wildman–Crippen MR) is 112 cm³/mol. The maximum Gasteiger partial charge on any atom is 0.222 e. The van der Waals surface area contributed by atoms with Gasteiger partial charge in [0, 0.05) is 32.6 Å². The number of aryl methyl sites for hydroxylation is 2. The second-order valence-electron chi connectivity index (χ2n) is 6.85. The van der Waals surface area contributed by atoms with Gasteiger partial charge < -0.3 is 15.2 Å². The molecule has 4 nitrogen and oxygen atoms in total. The summed E-state index contributed by atoms with van der Waals surface area (Å²) in [6.45, 7) is 4.41. The van der Waals surface area contributed by atoms with E-state index in [0.29, 0.717) is 19.6 Å². The third-order valence-electron chi connectivity index (χ3n) is 4.79. The number of aliphatic hydroxyl groups is 1. The van der Waals surface area contributed by atoms with Gasteiger partial charge in [0.1, 0.15) is 6.61 Å². The molecule has 3 rings (SSSR count). The van der Waals surface area contributed by atoms with Crippen LogP contribution >= 0.6 is 0 Å². The van der Waals surface area contributed by atoms with E-state index in [-0.39, 0.29) is 6.61 Å². The van der Waals surface area contributed by atoms with E-state index in [1.807, 2.05) is 24.3 Å². The number of nitrogens with zero attached hydrogens (tertiary/aromatic N) is 1. The Morgan fingerprint density at radius 3 is 2.29 bits per heavy atom. The van der Waals surface area contributed by atoms with Crippen molar-refractivity contribution in [3.05, 3.63) is 89.7 Å². The van der Waals surface area contributed by atoms with Crippen LogP contribution in [-0.4, -0.2) is 18.3 Å². The predicted octanol–water partition coefficient (Wildman–Crippen LogP) is 3.90. The Morgan fingerprint density at radius 1 is 0.929 bits per heavy atom. The van der Waals surface area contributed by atoms with E-state index in [0.717, 1.165) is 35.7 Å². The summed E-state index contributed by atoms with van der Waals surface area (Å²) in [6, 6.07) is 22.8. The number of pyridine rings is 1. The van der Waals surface area contributed by atoms with Gasteiger partial charge in [-0.05, 0) is 17.5 Å². The molecule has 1 aromatic heterocycles. The highest BCUT2D eigenvalue weighted by Gasteiger charge is 2.18. The second kappa shape index (κ2) is 10.5. The van der Waals surface area contributed by atoms with E-state index in [4.69, 9.17) is 9.84 Å². The van der Waals surface area contributed by atoms with Crippen LogP contribution in [0.4, 0.5) is 5.69 Å². The lowest BCUT2D eigenvalue weighted by atomic mass is 10.1. The van der Waals surface area contributed by atoms with Crippen molar-refractivity contribution in [2.75, 3.05) is 18.5 Å². The molecule has 0 saturated heterocycles. The number of aliphatic hydroxyl groups excluding tert-OH is 1. The third-order valence-corrected chi connectivity index (χ3v) is 4.79. The molecule has 0 aliphatic carbocycles. The Hall–Kier alpha value is -2.85. The molecule has 1 heterocycles. The summed E-state index contributed by atoms with van der Waals surface area (Å²) >= 11 is 0. The van der Waals surface area contributed by atoms with Crippen molar-refractivity contribution in [2.45, 2.75) is 32.9 Å². The van der Waals surface area contributed by atoms with E-state index in [1.165, 1.54) is 5.56 Å². The van der Waals surface area contributed by atoms with Gasteiger partial charge in [0.15, 0.2) is 12.7 Å². The second-order valence-corrected chi connectivity index (χ2v) is 6.85. The van der Waals surface area contributed by atoms with Crippen molar-refractivity contribution in [1.82, 2.24) is 0 Å². The fourth-order valence-corrected chi connectivity index (χ4v) is 3.17. The van der Waals surface area contributed by atoms with E-state index in [2.05, 4.69) is 65.5 Å². The van der Waals surface area contributed by atoms with Crippen molar-refractivity contribution in [3.8, 4) is 5.75 Å². The summed E-state index contributed by atoms with van der Waals surface area (Å²) in [4.78, 5) is 0. The van der Waals surface area contributed by atoms with Gasteiger partial charge in [0.2, 0.25) is 11.4 Å². The van der Waals surface area contributed by atoms with Crippen LogP contribution in [0.1, 0.15) is 23.2 Å². The summed E-state index contributed by atoms with van der Waals surface area (Å²) in [5, 5.41) is 12.5. The molecule has 4 heteroatoms. The normalized spacial score (nSPS) is 10.6. The summed E-state index contributed by atoms with van der Waals surface area (Å²) in [5.41, 5.74) is 4.54. The van der Waals surface area contributed by atoms with Gasteiger partial charge in [-0.15, -0.1) is 0 Å². The molecular weight excluding hydrogens is 348 g/mol. The third kappa shape index (κ3) is 5.57. The maximum absolute atomic E-state index is 9.07. The first-order valence-electron chi connectivity index (χ1n) is 9.86. The number of ether oxygens (including phenoxy) is 1. The van der Waals surface area contributed by atoms with E-state index in [9.17, 15) is 0 Å². The Kier molecular flexibility index (Phi) is 7.44. The molecule has 2 aromatic carbocycles. The van der Waals surface area contributed by atoms with Crippen LogP contribution in [0.5, 0.6) is 5.75 Å². The zero-order valence-electron chi connectivity index (χ0n) is 16.5. The molecule has 3 aromatic rings. The number of nitrogens with one attached hydrogen (secondary N) is 1. The highest BCUT2D eigenvalue weighted by Crippen LogP contribution is 2.27. The van der Waals surface area contributed by atoms with Crippen LogP contribution in [0.25, 0.3) is 0 Å². The van der Waals surface area contributed by atoms with Crippen LogP contribution in [-0.2, 0) is 19.6 Å². The standard InChI is InChI=1S/C24H28N2O2/c1-20-24(28-19-22-11-6-3-7-12-22)23(25-15-8-18-27)14-17-26(20)16-13-21-9-4-2-5-10-21/h2-7,9-12,14,17,27H,8,13,15-16,18-19H2,1H3/p+1. The van der Waals surface area contributed by atoms with Gasteiger partial charge in [-0.2, -0.15) is 4.57 Å². The molecule has 0 amide bonds. The minimum absolute atomic E-state index is 0.177. The van der Waals surface area contributed by atoms with Gasteiger partial charge in [0.25, 0.3) is 0 Å². The van der Waals surface area contributed by atoms with Gasteiger partial charge in [-0.3, -0.25) is 0 Å². The molecule has 0 aliphatic heterocycles. The molecule has 0 saturated carbocycles. The Labute approximate surface area is 167 Å². The van der Waals surface area contributed by atoms with E-state index >= 15 is 0 Å². The molecule has 2 N–H and O–H groups in total. The molecule has 28 heavy (non-hydrogen) atoms. The molecule has 0 bridgehead atoms. The first-order valence-corrected chi connectivity index (χ1v) is 9.86. The Bertz CT molecular complexity index is 851. The van der Waals surface area contributed by atoms with Gasteiger partial charge in [0.05, 0.1) is 5.69 Å². The van der Waals surface area contributed by atoms with Crippen molar-refractivity contribution >= 4 is 5.69 Å². The van der Waals surface area contributed by atoms with Crippen LogP contribution in [0.15, 0.2) is 72.9 Å². The van der Waals surface area contributed by atoms with Crippen molar-refractivity contribution in [2.24, 2.45) is 0 Å². The summed E-state index contributed by atoms with van der Waals surface area (Å²) in [7, 11) is 0. The fraction of sp³-hybridized carbons (Fsp3) is 0.292. The van der Waals surface area contributed by atoms with Gasteiger partial charge in [-0.25, -0.2) is 0 Å². The van der Waals surface area contributed by atoms with E-state index in [1.54, 1.807) is 0 Å². The molecule has 0 atom stereocenters. The van der Waals surface area contributed by atoms with Gasteiger partial charge >= 0.3 is 0 Å². The number of hydrogen-bond acceptors (Lipinski definition) is 3. The highest BCUT2D eigenvalue weighted by molar-refractivity contribution is 5.56. The first kappa shape index (κ1) is 19.9. The fourth-order valence-electron chi connectivity index (χ4n) is 3.17. The monoisotopic (exact) mass is 377 g/mol. The largest absolute Gasteiger partial charge is 0.481 e. The summed E-state index contributed by atoms with van der Waals surface area (Å²) in [5.74, 6) is 0.873. The molecule has 146 valence electrons. The average Bonchev–Trinajstić information content (AvgIpc) is 2.74. The van der Waals surface area contributed by atoms with E-state index < -0.39 is 0 Å². The molecule has 0 spiro atoms. The van der Waals surface area contributed by atoms with Crippen LogP contribution in [0, 0.1) is 6.92 Å². The lowest BCUT2D eigenvalue weighted by Gasteiger charge is -2.15. The molecule has 0 aliphatic rings. The molecule has 0 radical (unpaired) electrons. The van der Waals surface area contributed by atoms with Crippen molar-refractivity contribution in [3.63, 3.8) is 0 Å². The number of rotatable bonds is 10.